The zero-order chi connectivity index (χ0) is 17.8. The Hall–Kier alpha value is -3.22. The first kappa shape index (κ1) is 16.6. The number of nitro benzene ring substituents is 1. The van der Waals surface area contributed by atoms with E-state index in [0.29, 0.717) is 11.4 Å². The lowest BCUT2D eigenvalue weighted by atomic mass is 10.0. The average molecular weight is 338 g/mol. The third-order valence-corrected chi connectivity index (χ3v) is 4.07. The molecule has 1 N–H and O–H groups in total. The molecule has 3 rings (SSSR count). The van der Waals surface area contributed by atoms with Crippen molar-refractivity contribution >= 4 is 22.7 Å². The van der Waals surface area contributed by atoms with Gasteiger partial charge in [0.2, 0.25) is 0 Å². The fraction of sp³-hybridized carbons (Fsp3) is 0.222. The van der Waals surface area contributed by atoms with Gasteiger partial charge in [0.25, 0.3) is 5.69 Å². The molecule has 1 aliphatic rings. The Morgan fingerprint density at radius 1 is 1.28 bits per heavy atom. The Labute approximate surface area is 145 Å². The molecule has 0 fully saturated rings. The quantitative estimate of drug-likeness (QED) is 0.371. The molecular formula is C18H18N4O3. The highest BCUT2D eigenvalue weighted by molar-refractivity contribution is 5.67. The van der Waals surface area contributed by atoms with Gasteiger partial charge in [-0.1, -0.05) is 6.08 Å². The molecule has 0 aromatic heterocycles. The lowest BCUT2D eigenvalue weighted by Gasteiger charge is -2.30. The second-order valence-corrected chi connectivity index (χ2v) is 5.78. The Bertz CT molecular complexity index is 831. The van der Waals surface area contributed by atoms with Crippen molar-refractivity contribution in [3.8, 4) is 5.75 Å². The second kappa shape index (κ2) is 7.12. The summed E-state index contributed by atoms with van der Waals surface area (Å²) < 4.78 is 0. The van der Waals surface area contributed by atoms with Crippen molar-refractivity contribution in [3.63, 3.8) is 0 Å². The molecule has 1 heterocycles. The van der Waals surface area contributed by atoms with Gasteiger partial charge < -0.3 is 10.0 Å². The number of non-ortho nitro benzene ring substituents is 1. The van der Waals surface area contributed by atoms with Crippen LogP contribution in [0.25, 0.3) is 0 Å². The Morgan fingerprint density at radius 2 is 2.04 bits per heavy atom. The molecule has 0 amide bonds. The number of fused-ring (bicyclic) bond motifs is 1. The number of phenols is 1. The monoisotopic (exact) mass is 338 g/mol. The fourth-order valence-corrected chi connectivity index (χ4v) is 2.86. The van der Waals surface area contributed by atoms with E-state index in [1.807, 2.05) is 12.1 Å². The lowest BCUT2D eigenvalue weighted by Crippen LogP contribution is -2.29. The van der Waals surface area contributed by atoms with Crippen molar-refractivity contribution in [2.45, 2.75) is 12.8 Å². The third-order valence-electron chi connectivity index (χ3n) is 4.07. The summed E-state index contributed by atoms with van der Waals surface area (Å²) in [7, 11) is 0. The number of benzene rings is 2. The van der Waals surface area contributed by atoms with Crippen LogP contribution in [0.5, 0.6) is 5.75 Å². The number of anilines is 1. The Morgan fingerprint density at radius 3 is 2.72 bits per heavy atom. The largest absolute Gasteiger partial charge is 0.506 e. The molecule has 0 aliphatic carbocycles. The molecule has 0 bridgehead atoms. The van der Waals surface area contributed by atoms with Crippen molar-refractivity contribution in [1.29, 1.82) is 0 Å². The van der Waals surface area contributed by atoms with Crippen molar-refractivity contribution < 1.29 is 10.0 Å². The van der Waals surface area contributed by atoms with Crippen LogP contribution in [-0.4, -0.2) is 23.1 Å². The smallest absolute Gasteiger partial charge is 0.269 e. The molecule has 7 heteroatoms. The third kappa shape index (κ3) is 3.65. The van der Waals surface area contributed by atoms with Crippen LogP contribution in [-0.2, 0) is 6.42 Å². The number of nitro groups is 1. The van der Waals surface area contributed by atoms with Crippen LogP contribution in [0.3, 0.4) is 0 Å². The zero-order valence-corrected chi connectivity index (χ0v) is 13.6. The van der Waals surface area contributed by atoms with E-state index < -0.39 is 4.92 Å². The first-order valence-corrected chi connectivity index (χ1v) is 7.96. The standard InChI is InChI=1S/C18H18N4O3/c1-2-9-21-10-3-4-13-11-16(18(23)12-17(13)21)20-19-14-5-7-15(8-6-14)22(24)25/h2,5-8,11-12,23H,1,3-4,9-10H2/b20-19+. The van der Waals surface area contributed by atoms with Crippen molar-refractivity contribution in [2.24, 2.45) is 10.2 Å². The van der Waals surface area contributed by atoms with Gasteiger partial charge in [0.05, 0.1) is 10.6 Å². The number of aryl methyl sites for hydroxylation is 1. The number of rotatable bonds is 5. The molecule has 25 heavy (non-hydrogen) atoms. The molecule has 0 saturated heterocycles. The van der Waals surface area contributed by atoms with Crippen molar-refractivity contribution in [1.82, 2.24) is 0 Å². The molecule has 7 nitrogen and oxygen atoms in total. The van der Waals surface area contributed by atoms with Gasteiger partial charge in [-0.3, -0.25) is 10.1 Å². The van der Waals surface area contributed by atoms with Crippen LogP contribution >= 0.6 is 0 Å². The van der Waals surface area contributed by atoms with Gasteiger partial charge in [-0.25, -0.2) is 0 Å². The maximum Gasteiger partial charge on any atom is 0.269 e. The average Bonchev–Trinajstić information content (AvgIpc) is 2.61. The summed E-state index contributed by atoms with van der Waals surface area (Å²) in [5, 5.41) is 29.1. The predicted octanol–water partition coefficient (Wildman–Crippen LogP) is 4.65. The van der Waals surface area contributed by atoms with Crippen LogP contribution in [0.2, 0.25) is 0 Å². The molecular weight excluding hydrogens is 320 g/mol. The first-order valence-electron chi connectivity index (χ1n) is 7.96. The minimum Gasteiger partial charge on any atom is -0.506 e. The molecule has 0 unspecified atom stereocenters. The summed E-state index contributed by atoms with van der Waals surface area (Å²) in [5.41, 5.74) is 2.98. The van der Waals surface area contributed by atoms with E-state index in [0.717, 1.165) is 37.2 Å². The predicted molar refractivity (Wildman–Crippen MR) is 96.1 cm³/mol. The van der Waals surface area contributed by atoms with Gasteiger partial charge in [0.1, 0.15) is 11.4 Å². The summed E-state index contributed by atoms with van der Waals surface area (Å²) >= 11 is 0. The summed E-state index contributed by atoms with van der Waals surface area (Å²) in [6.45, 7) is 5.43. The van der Waals surface area contributed by atoms with Gasteiger partial charge >= 0.3 is 0 Å². The van der Waals surface area contributed by atoms with E-state index >= 15 is 0 Å². The first-order chi connectivity index (χ1) is 12.1. The number of hydrogen-bond acceptors (Lipinski definition) is 6. The van der Waals surface area contributed by atoms with Crippen molar-refractivity contribution in [3.05, 3.63) is 64.7 Å². The van der Waals surface area contributed by atoms with E-state index in [-0.39, 0.29) is 11.4 Å². The highest BCUT2D eigenvalue weighted by Gasteiger charge is 2.18. The fourth-order valence-electron chi connectivity index (χ4n) is 2.86. The number of nitrogens with zero attached hydrogens (tertiary/aromatic N) is 4. The van der Waals surface area contributed by atoms with Gasteiger partial charge in [0.15, 0.2) is 0 Å². The van der Waals surface area contributed by atoms with Crippen molar-refractivity contribution in [2.75, 3.05) is 18.0 Å². The number of phenolic OH excluding ortho intramolecular Hbond substituents is 1. The molecule has 1 aliphatic heterocycles. The summed E-state index contributed by atoms with van der Waals surface area (Å²) in [5.74, 6) is 0.0559. The van der Waals surface area contributed by atoms with E-state index in [1.165, 1.54) is 24.3 Å². The number of aromatic hydroxyl groups is 1. The SMILES string of the molecule is C=CCN1CCCc2cc(/N=N/c3ccc([N+](=O)[O-])cc3)c(O)cc21. The van der Waals surface area contributed by atoms with Gasteiger partial charge in [-0.2, -0.15) is 5.11 Å². The summed E-state index contributed by atoms with van der Waals surface area (Å²) in [4.78, 5) is 12.4. The molecule has 2 aromatic carbocycles. The molecule has 0 atom stereocenters. The molecule has 0 radical (unpaired) electrons. The van der Waals surface area contributed by atoms with E-state index in [4.69, 9.17) is 0 Å². The molecule has 2 aromatic rings. The Balaban J connectivity index is 1.85. The minimum atomic E-state index is -0.467. The normalized spacial score (nSPS) is 13.7. The van der Waals surface area contributed by atoms with Crippen LogP contribution in [0, 0.1) is 10.1 Å². The van der Waals surface area contributed by atoms with E-state index in [1.54, 1.807) is 6.07 Å². The maximum absolute atomic E-state index is 10.7. The minimum absolute atomic E-state index is 0.00196. The zero-order valence-electron chi connectivity index (χ0n) is 13.6. The van der Waals surface area contributed by atoms with Gasteiger partial charge in [-0.15, -0.1) is 11.7 Å². The van der Waals surface area contributed by atoms with E-state index in [9.17, 15) is 15.2 Å². The second-order valence-electron chi connectivity index (χ2n) is 5.78. The number of hydrogen-bond donors (Lipinski definition) is 1. The Kier molecular flexibility index (Phi) is 4.74. The molecule has 0 spiro atoms. The van der Waals surface area contributed by atoms with Gasteiger partial charge in [0, 0.05) is 37.0 Å². The summed E-state index contributed by atoms with van der Waals surface area (Å²) in [6, 6.07) is 9.32. The van der Waals surface area contributed by atoms with Crippen LogP contribution in [0.15, 0.2) is 59.3 Å². The molecule has 128 valence electrons. The highest BCUT2D eigenvalue weighted by Crippen LogP contribution is 2.38. The van der Waals surface area contributed by atoms with E-state index in [2.05, 4.69) is 21.7 Å². The molecule has 0 saturated carbocycles. The highest BCUT2D eigenvalue weighted by atomic mass is 16.6. The van der Waals surface area contributed by atoms with Gasteiger partial charge in [-0.05, 0) is 36.6 Å². The maximum atomic E-state index is 10.7. The summed E-state index contributed by atoms with van der Waals surface area (Å²) in [6.07, 6.45) is 3.79. The number of azo groups is 1. The van der Waals surface area contributed by atoms with Crippen LogP contribution in [0.4, 0.5) is 22.7 Å². The lowest BCUT2D eigenvalue weighted by molar-refractivity contribution is -0.384. The van der Waals surface area contributed by atoms with Crippen LogP contribution in [0.1, 0.15) is 12.0 Å². The topological polar surface area (TPSA) is 91.3 Å². The van der Waals surface area contributed by atoms with Crippen LogP contribution < -0.4 is 4.90 Å².